The largest absolute Gasteiger partial charge is 0.508 e. The number of rotatable bonds is 3. The molecule has 2 N–H and O–H groups in total. The number of nitrogens with one attached hydrogen (secondary N) is 1. The van der Waals surface area contributed by atoms with Crippen molar-refractivity contribution in [1.82, 2.24) is 19.9 Å². The van der Waals surface area contributed by atoms with Gasteiger partial charge in [0.25, 0.3) is 11.5 Å². The minimum Gasteiger partial charge on any atom is -0.508 e. The first-order chi connectivity index (χ1) is 21.1. The molecule has 2 atom stereocenters. The van der Waals surface area contributed by atoms with Crippen molar-refractivity contribution in [3.05, 3.63) is 82.2 Å². The summed E-state index contributed by atoms with van der Waals surface area (Å²) in [5.41, 5.74) is 2.95. The van der Waals surface area contributed by atoms with Gasteiger partial charge in [-0.15, -0.1) is 0 Å². The Labute approximate surface area is 253 Å². The van der Waals surface area contributed by atoms with Crippen LogP contribution in [0.2, 0.25) is 0 Å². The first-order valence-corrected chi connectivity index (χ1v) is 14.8. The van der Waals surface area contributed by atoms with Crippen molar-refractivity contribution in [3.8, 4) is 22.7 Å². The van der Waals surface area contributed by atoms with Gasteiger partial charge in [0.1, 0.15) is 29.0 Å². The summed E-state index contributed by atoms with van der Waals surface area (Å²) in [5, 5.41) is 15.8. The van der Waals surface area contributed by atoms with Gasteiger partial charge in [0.15, 0.2) is 5.65 Å². The SMILES string of the molecule is Cc1ccnc(C(C)C)c1-n1c(=O)c2c(c3cc(F)c(-c4cc(O)cc5ccccc45)nc31)N1C[C@@H](C)NC[C@@H]1C(=O)N2C. The van der Waals surface area contributed by atoms with Gasteiger partial charge in [0, 0.05) is 43.3 Å². The number of fused-ring (bicyclic) bond motifs is 6. The van der Waals surface area contributed by atoms with Gasteiger partial charge in [-0.25, -0.2) is 9.37 Å². The molecule has 3 aromatic heterocycles. The number of halogens is 1. The van der Waals surface area contributed by atoms with Crippen LogP contribution in [0.1, 0.15) is 37.9 Å². The lowest BCUT2D eigenvalue weighted by atomic mass is 9.98. The molecule has 1 fully saturated rings. The van der Waals surface area contributed by atoms with Crippen molar-refractivity contribution >= 4 is 39.1 Å². The quantitative estimate of drug-likeness (QED) is 0.303. The number of hydrogen-bond donors (Lipinski definition) is 2. The van der Waals surface area contributed by atoms with Crippen LogP contribution in [0.15, 0.2) is 59.5 Å². The third-order valence-electron chi connectivity index (χ3n) is 8.82. The van der Waals surface area contributed by atoms with Crippen LogP contribution in [0.4, 0.5) is 15.8 Å². The van der Waals surface area contributed by atoms with E-state index in [1.165, 1.54) is 21.6 Å². The molecule has 224 valence electrons. The number of carbonyl (C=O) groups is 1. The van der Waals surface area contributed by atoms with Crippen LogP contribution in [0, 0.1) is 12.7 Å². The monoisotopic (exact) mass is 592 g/mol. The molecule has 2 aliphatic rings. The van der Waals surface area contributed by atoms with Gasteiger partial charge in [-0.05, 0) is 60.4 Å². The van der Waals surface area contributed by atoms with Crippen molar-refractivity contribution in [2.75, 3.05) is 29.9 Å². The summed E-state index contributed by atoms with van der Waals surface area (Å²) in [6.45, 7) is 8.76. The number of benzene rings is 2. The van der Waals surface area contributed by atoms with Gasteiger partial charge in [0.2, 0.25) is 0 Å². The fourth-order valence-electron chi connectivity index (χ4n) is 6.73. The van der Waals surface area contributed by atoms with Crippen molar-refractivity contribution in [1.29, 1.82) is 0 Å². The molecule has 7 rings (SSSR count). The number of piperazine rings is 1. The van der Waals surface area contributed by atoms with Crippen LogP contribution < -0.4 is 20.7 Å². The van der Waals surface area contributed by atoms with Crippen LogP contribution in [-0.4, -0.2) is 57.8 Å². The first kappa shape index (κ1) is 28.0. The average molecular weight is 593 g/mol. The number of amides is 1. The Kier molecular flexibility index (Phi) is 6.44. The van der Waals surface area contributed by atoms with Crippen molar-refractivity contribution in [2.24, 2.45) is 0 Å². The topological polar surface area (TPSA) is 104 Å². The molecule has 44 heavy (non-hydrogen) atoms. The molecule has 0 unspecified atom stereocenters. The highest BCUT2D eigenvalue weighted by Gasteiger charge is 2.43. The lowest BCUT2D eigenvalue weighted by molar-refractivity contribution is -0.120. The summed E-state index contributed by atoms with van der Waals surface area (Å²) >= 11 is 0. The molecule has 0 spiro atoms. The summed E-state index contributed by atoms with van der Waals surface area (Å²) in [6, 6.07) is 13.2. The predicted molar refractivity (Wildman–Crippen MR) is 171 cm³/mol. The number of anilines is 2. The van der Waals surface area contributed by atoms with E-state index < -0.39 is 17.4 Å². The number of aromatic nitrogens is 3. The summed E-state index contributed by atoms with van der Waals surface area (Å²) in [5.74, 6) is -0.878. The third-order valence-corrected chi connectivity index (χ3v) is 8.82. The summed E-state index contributed by atoms with van der Waals surface area (Å²) in [7, 11) is 1.60. The number of hydrogen-bond acceptors (Lipinski definition) is 7. The van der Waals surface area contributed by atoms with Crippen LogP contribution >= 0.6 is 0 Å². The van der Waals surface area contributed by atoms with E-state index in [0.29, 0.717) is 46.5 Å². The molecule has 9 nitrogen and oxygen atoms in total. The normalized spacial score (nSPS) is 18.3. The number of phenols is 1. The third kappa shape index (κ3) is 4.08. The smallest absolute Gasteiger partial charge is 0.283 e. The Morgan fingerprint density at radius 3 is 2.59 bits per heavy atom. The van der Waals surface area contributed by atoms with E-state index >= 15 is 4.39 Å². The second-order valence-electron chi connectivity index (χ2n) is 12.1. The number of phenolic OH excluding ortho intramolecular Hbond substituents is 1. The highest BCUT2D eigenvalue weighted by Crippen LogP contribution is 2.43. The fourth-order valence-corrected chi connectivity index (χ4v) is 6.73. The zero-order valence-corrected chi connectivity index (χ0v) is 25.2. The molecular weight excluding hydrogens is 559 g/mol. The van der Waals surface area contributed by atoms with Crippen LogP contribution in [-0.2, 0) is 4.79 Å². The lowest BCUT2D eigenvalue weighted by Gasteiger charge is -2.46. The second kappa shape index (κ2) is 10.1. The van der Waals surface area contributed by atoms with E-state index in [0.717, 1.165) is 10.9 Å². The maximum Gasteiger partial charge on any atom is 0.283 e. The minimum atomic E-state index is -0.605. The number of nitrogens with zero attached hydrogens (tertiary/aromatic N) is 5. The number of aromatic hydroxyl groups is 1. The van der Waals surface area contributed by atoms with Gasteiger partial charge >= 0.3 is 0 Å². The van der Waals surface area contributed by atoms with Crippen molar-refractivity contribution in [2.45, 2.75) is 45.7 Å². The molecule has 10 heteroatoms. The summed E-state index contributed by atoms with van der Waals surface area (Å²) in [4.78, 5) is 41.3. The molecule has 5 aromatic rings. The standard InChI is InChI=1S/C34H33FN6O3/c1-17(2)27-29(18(3)10-11-36-27)41-32-24(30-31(34(41)44)39(5)33(43)26-15-37-19(4)16-40(26)30)14-25(35)28(38-32)23-13-21(42)12-20-8-6-7-9-22(20)23/h6-14,17,19,26,37,42H,15-16H2,1-5H3/t19-,26-/m1/s1. The molecule has 0 aliphatic carbocycles. The van der Waals surface area contributed by atoms with Gasteiger partial charge < -0.3 is 20.2 Å². The summed E-state index contributed by atoms with van der Waals surface area (Å²) in [6.07, 6.45) is 1.71. The highest BCUT2D eigenvalue weighted by molar-refractivity contribution is 6.12. The van der Waals surface area contributed by atoms with Crippen LogP contribution in [0.25, 0.3) is 38.8 Å². The maximum absolute atomic E-state index is 16.5. The Balaban J connectivity index is 1.66. The Hall–Kier alpha value is -4.83. The Morgan fingerprint density at radius 2 is 1.82 bits per heavy atom. The molecule has 2 aromatic carbocycles. The van der Waals surface area contributed by atoms with Crippen molar-refractivity contribution in [3.63, 3.8) is 0 Å². The highest BCUT2D eigenvalue weighted by atomic mass is 19.1. The van der Waals surface area contributed by atoms with E-state index in [1.54, 1.807) is 19.3 Å². The zero-order chi connectivity index (χ0) is 31.0. The van der Waals surface area contributed by atoms with E-state index in [2.05, 4.69) is 10.3 Å². The van der Waals surface area contributed by atoms with Gasteiger partial charge in [-0.1, -0.05) is 38.1 Å². The molecular formula is C34H33FN6O3. The van der Waals surface area contributed by atoms with E-state index in [4.69, 9.17) is 4.98 Å². The number of aryl methyl sites for hydroxylation is 1. The van der Waals surface area contributed by atoms with E-state index in [1.807, 2.05) is 62.9 Å². The lowest BCUT2D eigenvalue weighted by Crippen LogP contribution is -2.64. The Morgan fingerprint density at radius 1 is 1.05 bits per heavy atom. The van der Waals surface area contributed by atoms with E-state index in [9.17, 15) is 14.7 Å². The second-order valence-corrected chi connectivity index (χ2v) is 12.1. The molecule has 1 amide bonds. The molecule has 0 radical (unpaired) electrons. The fraction of sp³-hybridized carbons (Fsp3) is 0.294. The van der Waals surface area contributed by atoms with Crippen molar-refractivity contribution < 1.29 is 14.3 Å². The molecule has 1 saturated heterocycles. The van der Waals surface area contributed by atoms with Gasteiger partial charge in [0.05, 0.1) is 17.1 Å². The molecule has 0 bridgehead atoms. The maximum atomic E-state index is 16.5. The minimum absolute atomic E-state index is 0.0100. The van der Waals surface area contributed by atoms with E-state index in [-0.39, 0.29) is 40.6 Å². The van der Waals surface area contributed by atoms with Crippen LogP contribution in [0.3, 0.4) is 0 Å². The molecule has 0 saturated carbocycles. The zero-order valence-electron chi connectivity index (χ0n) is 25.2. The number of likely N-dealkylation sites (N-methyl/N-ethyl adjacent to an activating group) is 1. The predicted octanol–water partition coefficient (Wildman–Crippen LogP) is 5.02. The average Bonchev–Trinajstić information content (AvgIpc) is 2.99. The first-order valence-electron chi connectivity index (χ1n) is 14.8. The molecule has 5 heterocycles. The number of pyridine rings is 3. The van der Waals surface area contributed by atoms with Gasteiger partial charge in [-0.2, -0.15) is 0 Å². The van der Waals surface area contributed by atoms with Gasteiger partial charge in [-0.3, -0.25) is 19.1 Å². The van der Waals surface area contributed by atoms with Crippen LogP contribution in [0.5, 0.6) is 5.75 Å². The molecule has 2 aliphatic heterocycles. The summed E-state index contributed by atoms with van der Waals surface area (Å²) < 4.78 is 18.0. The number of carbonyl (C=O) groups excluding carboxylic acids is 1. The Bertz CT molecular complexity index is 2070.